The molecular formula is C13H19N3O5. The summed E-state index contributed by atoms with van der Waals surface area (Å²) in [6.07, 6.45) is -0.544. The highest BCUT2D eigenvalue weighted by molar-refractivity contribution is 5.95. The van der Waals surface area contributed by atoms with Crippen molar-refractivity contribution in [2.24, 2.45) is 0 Å². The molecule has 0 fully saturated rings. The first-order valence-electron chi connectivity index (χ1n) is 6.20. The average molecular weight is 297 g/mol. The average Bonchev–Trinajstić information content (AvgIpc) is 2.46. The maximum Gasteiger partial charge on any atom is 0.292 e. The van der Waals surface area contributed by atoms with Gasteiger partial charge in [-0.1, -0.05) is 0 Å². The van der Waals surface area contributed by atoms with Crippen molar-refractivity contribution in [3.63, 3.8) is 0 Å². The fourth-order valence-electron chi connectivity index (χ4n) is 1.68. The number of methoxy groups -OCH3 is 2. The zero-order valence-electron chi connectivity index (χ0n) is 12.5. The molecule has 0 aromatic heterocycles. The molecule has 1 rings (SSSR count). The van der Waals surface area contributed by atoms with E-state index in [-0.39, 0.29) is 23.8 Å². The number of nitro benzene ring substituents is 1. The van der Waals surface area contributed by atoms with Crippen LogP contribution >= 0.6 is 0 Å². The summed E-state index contributed by atoms with van der Waals surface area (Å²) in [5, 5.41) is 13.9. The Kier molecular flexibility index (Phi) is 6.07. The Bertz CT molecular complexity index is 515. The molecule has 1 aromatic carbocycles. The highest BCUT2D eigenvalue weighted by atomic mass is 16.7. The van der Waals surface area contributed by atoms with Crippen LogP contribution in [-0.2, 0) is 9.47 Å². The van der Waals surface area contributed by atoms with Crippen molar-refractivity contribution in [3.8, 4) is 0 Å². The first-order chi connectivity index (χ1) is 9.90. The summed E-state index contributed by atoms with van der Waals surface area (Å²) in [4.78, 5) is 23.8. The SMILES string of the molecule is COC(CNc1cc(C(=O)N(C)C)ccc1[N+](=O)[O-])OC. The minimum atomic E-state index is -0.544. The largest absolute Gasteiger partial charge is 0.374 e. The molecule has 116 valence electrons. The summed E-state index contributed by atoms with van der Waals surface area (Å²) in [6, 6.07) is 4.17. The van der Waals surface area contributed by atoms with Crippen LogP contribution in [0.3, 0.4) is 0 Å². The van der Waals surface area contributed by atoms with Crippen molar-refractivity contribution in [3.05, 3.63) is 33.9 Å². The molecule has 0 aliphatic carbocycles. The number of hydrogen-bond acceptors (Lipinski definition) is 6. The molecule has 0 aliphatic heterocycles. The van der Waals surface area contributed by atoms with E-state index in [1.807, 2.05) is 0 Å². The summed E-state index contributed by atoms with van der Waals surface area (Å²) >= 11 is 0. The topological polar surface area (TPSA) is 93.9 Å². The number of rotatable bonds is 7. The normalized spacial score (nSPS) is 10.5. The maximum atomic E-state index is 11.9. The summed E-state index contributed by atoms with van der Waals surface area (Å²) in [7, 11) is 6.16. The Balaban J connectivity index is 3.04. The molecule has 0 saturated carbocycles. The Labute approximate surface area is 122 Å². The molecule has 0 heterocycles. The molecule has 0 unspecified atom stereocenters. The van der Waals surface area contributed by atoms with E-state index in [1.54, 1.807) is 14.1 Å². The highest BCUT2D eigenvalue weighted by Gasteiger charge is 2.18. The van der Waals surface area contributed by atoms with Crippen LogP contribution in [0.2, 0.25) is 0 Å². The summed E-state index contributed by atoms with van der Waals surface area (Å²) < 4.78 is 10.0. The Morgan fingerprint density at radius 3 is 2.48 bits per heavy atom. The van der Waals surface area contributed by atoms with Gasteiger partial charge in [0, 0.05) is 39.9 Å². The van der Waals surface area contributed by atoms with Crippen molar-refractivity contribution in [2.75, 3.05) is 40.2 Å². The zero-order chi connectivity index (χ0) is 16.0. The van der Waals surface area contributed by atoms with E-state index < -0.39 is 11.2 Å². The van der Waals surface area contributed by atoms with Crippen LogP contribution in [0.25, 0.3) is 0 Å². The third kappa shape index (κ3) is 4.40. The minimum Gasteiger partial charge on any atom is -0.374 e. The number of hydrogen-bond donors (Lipinski definition) is 1. The van der Waals surface area contributed by atoms with E-state index in [1.165, 1.54) is 37.3 Å². The van der Waals surface area contributed by atoms with Crippen LogP contribution in [0.5, 0.6) is 0 Å². The van der Waals surface area contributed by atoms with Gasteiger partial charge in [-0.3, -0.25) is 14.9 Å². The third-order valence-corrected chi connectivity index (χ3v) is 2.83. The van der Waals surface area contributed by atoms with Crippen molar-refractivity contribution >= 4 is 17.3 Å². The Morgan fingerprint density at radius 1 is 1.38 bits per heavy atom. The summed E-state index contributed by atoms with van der Waals surface area (Å²) in [5.41, 5.74) is 0.488. The molecule has 0 spiro atoms. The van der Waals surface area contributed by atoms with Gasteiger partial charge in [-0.15, -0.1) is 0 Å². The van der Waals surface area contributed by atoms with Crippen LogP contribution in [0.15, 0.2) is 18.2 Å². The lowest BCUT2D eigenvalue weighted by Gasteiger charge is -2.16. The monoisotopic (exact) mass is 297 g/mol. The molecule has 0 saturated heterocycles. The molecular weight excluding hydrogens is 278 g/mol. The second kappa shape index (κ2) is 7.55. The lowest BCUT2D eigenvalue weighted by atomic mass is 10.1. The molecule has 21 heavy (non-hydrogen) atoms. The van der Waals surface area contributed by atoms with E-state index in [4.69, 9.17) is 9.47 Å². The van der Waals surface area contributed by atoms with E-state index >= 15 is 0 Å². The second-order valence-electron chi connectivity index (χ2n) is 4.47. The maximum absolute atomic E-state index is 11.9. The molecule has 0 atom stereocenters. The van der Waals surface area contributed by atoms with E-state index in [0.717, 1.165) is 0 Å². The molecule has 1 aromatic rings. The molecule has 0 radical (unpaired) electrons. The summed E-state index contributed by atoms with van der Waals surface area (Å²) in [6.45, 7) is 0.216. The zero-order valence-corrected chi connectivity index (χ0v) is 12.5. The van der Waals surface area contributed by atoms with Crippen molar-refractivity contribution < 1.29 is 19.2 Å². The minimum absolute atomic E-state index is 0.115. The number of amides is 1. The van der Waals surface area contributed by atoms with Crippen molar-refractivity contribution in [2.45, 2.75) is 6.29 Å². The smallest absolute Gasteiger partial charge is 0.292 e. The number of carbonyl (C=O) groups excluding carboxylic acids is 1. The van der Waals surface area contributed by atoms with Crippen LogP contribution in [-0.4, -0.2) is 56.9 Å². The fraction of sp³-hybridized carbons (Fsp3) is 0.462. The van der Waals surface area contributed by atoms with Gasteiger partial charge in [0.1, 0.15) is 5.69 Å². The van der Waals surface area contributed by atoms with E-state index in [9.17, 15) is 14.9 Å². The number of nitrogens with zero attached hydrogens (tertiary/aromatic N) is 2. The Hall–Kier alpha value is -2.19. The van der Waals surface area contributed by atoms with Gasteiger partial charge in [-0.25, -0.2) is 0 Å². The number of nitro groups is 1. The van der Waals surface area contributed by atoms with Gasteiger partial charge >= 0.3 is 0 Å². The van der Waals surface area contributed by atoms with Gasteiger partial charge in [-0.05, 0) is 12.1 Å². The predicted octanol–water partition coefficient (Wildman–Crippen LogP) is 1.33. The van der Waals surface area contributed by atoms with Gasteiger partial charge in [-0.2, -0.15) is 0 Å². The molecule has 0 aliphatic rings. The second-order valence-corrected chi connectivity index (χ2v) is 4.47. The lowest BCUT2D eigenvalue weighted by Crippen LogP contribution is -2.25. The molecule has 8 nitrogen and oxygen atoms in total. The predicted molar refractivity (Wildman–Crippen MR) is 77.4 cm³/mol. The van der Waals surface area contributed by atoms with E-state index in [2.05, 4.69) is 5.32 Å². The van der Waals surface area contributed by atoms with Crippen molar-refractivity contribution in [1.82, 2.24) is 4.90 Å². The lowest BCUT2D eigenvalue weighted by molar-refractivity contribution is -0.384. The van der Waals surface area contributed by atoms with Gasteiger partial charge in [0.15, 0.2) is 6.29 Å². The number of ether oxygens (including phenoxy) is 2. The van der Waals surface area contributed by atoms with Crippen LogP contribution in [0.1, 0.15) is 10.4 Å². The number of benzene rings is 1. The highest BCUT2D eigenvalue weighted by Crippen LogP contribution is 2.26. The van der Waals surface area contributed by atoms with Gasteiger partial charge < -0.3 is 19.7 Å². The Morgan fingerprint density at radius 2 is 2.00 bits per heavy atom. The molecule has 0 bridgehead atoms. The first-order valence-corrected chi connectivity index (χ1v) is 6.20. The van der Waals surface area contributed by atoms with Gasteiger partial charge in [0.25, 0.3) is 11.6 Å². The molecule has 1 N–H and O–H groups in total. The van der Waals surface area contributed by atoms with Gasteiger partial charge in [0.2, 0.25) is 0 Å². The van der Waals surface area contributed by atoms with Gasteiger partial charge in [0.05, 0.1) is 11.5 Å². The van der Waals surface area contributed by atoms with Crippen LogP contribution in [0, 0.1) is 10.1 Å². The van der Waals surface area contributed by atoms with Crippen LogP contribution in [0.4, 0.5) is 11.4 Å². The number of nitrogens with one attached hydrogen (secondary N) is 1. The number of carbonyl (C=O) groups is 1. The van der Waals surface area contributed by atoms with Crippen LogP contribution < -0.4 is 5.32 Å². The van der Waals surface area contributed by atoms with Crippen molar-refractivity contribution in [1.29, 1.82) is 0 Å². The first kappa shape index (κ1) is 16.9. The fourth-order valence-corrected chi connectivity index (χ4v) is 1.68. The molecule has 8 heteroatoms. The third-order valence-electron chi connectivity index (χ3n) is 2.83. The van der Waals surface area contributed by atoms with E-state index in [0.29, 0.717) is 5.56 Å². The standard InChI is InChI=1S/C13H19N3O5/c1-15(2)13(17)9-5-6-11(16(18)19)10(7-9)14-8-12(20-3)21-4/h5-7,12,14H,8H2,1-4H3. The molecule has 1 amide bonds. The summed E-state index contributed by atoms with van der Waals surface area (Å²) in [5.74, 6) is -0.233. The number of anilines is 1. The quantitative estimate of drug-likeness (QED) is 0.463.